The molecule has 0 spiro atoms. The average molecular weight is 646 g/mol. The minimum Gasteiger partial charge on any atom is -0.506 e. The van der Waals surface area contributed by atoms with E-state index in [1.165, 1.54) is 46.8 Å². The van der Waals surface area contributed by atoms with Gasteiger partial charge < -0.3 is 9.84 Å². The number of aromatic hydroxyl groups is 1. The van der Waals surface area contributed by atoms with Crippen molar-refractivity contribution in [1.29, 1.82) is 0 Å². The largest absolute Gasteiger partial charge is 0.506 e. The van der Waals surface area contributed by atoms with Crippen LogP contribution in [0.25, 0.3) is 10.8 Å². The van der Waals surface area contributed by atoms with Gasteiger partial charge in [-0.1, -0.05) is 12.1 Å². The summed E-state index contributed by atoms with van der Waals surface area (Å²) < 4.78 is 87.3. The van der Waals surface area contributed by atoms with Crippen LogP contribution >= 0.6 is 10.7 Å². The highest BCUT2D eigenvalue weighted by Crippen LogP contribution is 2.43. The van der Waals surface area contributed by atoms with E-state index in [0.717, 1.165) is 6.07 Å². The van der Waals surface area contributed by atoms with Crippen molar-refractivity contribution in [2.24, 2.45) is 10.2 Å². The predicted octanol–water partition coefficient (Wildman–Crippen LogP) is 3.95. The van der Waals surface area contributed by atoms with Crippen LogP contribution in [-0.2, 0) is 34.0 Å². The summed E-state index contributed by atoms with van der Waals surface area (Å²) in [5.74, 6) is -0.611. The van der Waals surface area contributed by atoms with Gasteiger partial charge in [0.1, 0.15) is 10.6 Å². The van der Waals surface area contributed by atoms with Gasteiger partial charge in [-0.05, 0) is 57.2 Å². The van der Waals surface area contributed by atoms with Crippen LogP contribution in [0.15, 0.2) is 68.6 Å². The van der Waals surface area contributed by atoms with E-state index in [2.05, 4.69) is 19.7 Å². The SMILES string of the molecule is CC(C)(C)NS(=O)(=O)c1cc(N=Nc2ccc(S(=O)(=O)Cl)cc2)c2c(NS(=O)(=O)N3CCOCC3)cccc2c1O. The second-order valence-corrected chi connectivity index (χ2v) is 16.0. The molecule has 0 bridgehead atoms. The fraction of sp³-hybridized carbons (Fsp3) is 0.333. The number of fused-ring (bicyclic) bond motifs is 1. The predicted molar refractivity (Wildman–Crippen MR) is 154 cm³/mol. The molecule has 222 valence electrons. The number of phenols is 1. The Hall–Kier alpha value is -2.86. The molecule has 0 aromatic heterocycles. The maximum atomic E-state index is 13.2. The van der Waals surface area contributed by atoms with Gasteiger partial charge in [-0.2, -0.15) is 17.8 Å². The van der Waals surface area contributed by atoms with E-state index in [0.29, 0.717) is 0 Å². The van der Waals surface area contributed by atoms with Crippen LogP contribution in [0.2, 0.25) is 0 Å². The van der Waals surface area contributed by atoms with Gasteiger partial charge in [0, 0.05) is 40.1 Å². The fourth-order valence-electron chi connectivity index (χ4n) is 4.03. The number of sulfonamides is 1. The van der Waals surface area contributed by atoms with E-state index in [1.54, 1.807) is 20.8 Å². The molecule has 0 atom stereocenters. The Kier molecular flexibility index (Phi) is 8.67. The molecule has 4 rings (SSSR count). The lowest BCUT2D eigenvalue weighted by atomic mass is 10.1. The molecule has 3 aromatic carbocycles. The lowest BCUT2D eigenvalue weighted by Crippen LogP contribution is -2.43. The number of nitrogens with one attached hydrogen (secondary N) is 2. The highest BCUT2D eigenvalue weighted by atomic mass is 35.7. The number of hydrogen-bond acceptors (Lipinski definition) is 10. The van der Waals surface area contributed by atoms with Crippen LogP contribution in [0, 0.1) is 0 Å². The molecule has 0 saturated carbocycles. The zero-order valence-corrected chi connectivity index (χ0v) is 25.4. The van der Waals surface area contributed by atoms with Crippen molar-refractivity contribution in [2.75, 3.05) is 31.0 Å². The molecule has 1 aliphatic rings. The van der Waals surface area contributed by atoms with E-state index < -0.39 is 45.5 Å². The molecule has 1 saturated heterocycles. The van der Waals surface area contributed by atoms with Crippen molar-refractivity contribution < 1.29 is 35.1 Å². The van der Waals surface area contributed by atoms with E-state index >= 15 is 0 Å². The van der Waals surface area contributed by atoms with E-state index in [4.69, 9.17) is 15.4 Å². The quantitative estimate of drug-likeness (QED) is 0.243. The molecule has 0 amide bonds. The van der Waals surface area contributed by atoms with Crippen molar-refractivity contribution in [2.45, 2.75) is 36.1 Å². The second-order valence-electron chi connectivity index (χ2n) is 10.1. The van der Waals surface area contributed by atoms with Crippen LogP contribution in [0.3, 0.4) is 0 Å². The van der Waals surface area contributed by atoms with Crippen LogP contribution in [0.1, 0.15) is 20.8 Å². The maximum Gasteiger partial charge on any atom is 0.301 e. The maximum absolute atomic E-state index is 13.2. The number of benzene rings is 3. The molecule has 1 aliphatic heterocycles. The van der Waals surface area contributed by atoms with Crippen LogP contribution in [-0.4, -0.2) is 66.5 Å². The van der Waals surface area contributed by atoms with Crippen molar-refractivity contribution in [1.82, 2.24) is 9.03 Å². The molecular formula is C24H28ClN5O8S3. The molecule has 13 nitrogen and oxygen atoms in total. The molecular weight excluding hydrogens is 618 g/mol. The summed E-state index contributed by atoms with van der Waals surface area (Å²) in [6, 6.07) is 10.5. The molecule has 17 heteroatoms. The normalized spacial score (nSPS) is 15.9. The molecule has 1 heterocycles. The van der Waals surface area contributed by atoms with Gasteiger partial charge in [-0.15, -0.1) is 5.11 Å². The second kappa shape index (κ2) is 11.4. The summed E-state index contributed by atoms with van der Waals surface area (Å²) in [4.78, 5) is -0.653. The van der Waals surface area contributed by atoms with Gasteiger partial charge in [0.15, 0.2) is 0 Å². The standard InChI is InChI=1S/C24H28ClN5O8S3/c1-24(2,3)29-40(34,35)21-15-20(27-26-16-7-9-17(10-8-16)39(25,32)33)22-18(23(21)31)5-4-6-19(22)28-41(36,37)30-11-13-38-14-12-30/h4-10,15,28-29,31H,11-14H2,1-3H3. The highest BCUT2D eigenvalue weighted by molar-refractivity contribution is 8.13. The number of anilines is 1. The average Bonchev–Trinajstić information content (AvgIpc) is 2.87. The Labute approximate surface area is 242 Å². The van der Waals surface area contributed by atoms with E-state index in [1.807, 2.05) is 0 Å². The monoisotopic (exact) mass is 645 g/mol. The Bertz CT molecular complexity index is 1820. The minimum absolute atomic E-state index is 0.00138. The van der Waals surface area contributed by atoms with Gasteiger partial charge in [-0.25, -0.2) is 21.6 Å². The first kappa shape index (κ1) is 31.1. The minimum atomic E-state index is -4.28. The Morgan fingerprint density at radius 3 is 2.17 bits per heavy atom. The van der Waals surface area contributed by atoms with Gasteiger partial charge >= 0.3 is 10.2 Å². The molecule has 41 heavy (non-hydrogen) atoms. The first-order chi connectivity index (χ1) is 19.0. The van der Waals surface area contributed by atoms with Crippen molar-refractivity contribution >= 4 is 67.8 Å². The van der Waals surface area contributed by atoms with Gasteiger partial charge in [0.05, 0.1) is 35.2 Å². The third-order valence-electron chi connectivity index (χ3n) is 5.75. The lowest BCUT2D eigenvalue weighted by Gasteiger charge is -2.27. The van der Waals surface area contributed by atoms with Crippen molar-refractivity contribution in [3.8, 4) is 5.75 Å². The number of rotatable bonds is 8. The third kappa shape index (κ3) is 7.32. The molecule has 3 aromatic rings. The summed E-state index contributed by atoms with van der Waals surface area (Å²) >= 11 is 0. The van der Waals surface area contributed by atoms with Crippen LogP contribution in [0.4, 0.5) is 17.1 Å². The summed E-state index contributed by atoms with van der Waals surface area (Å²) in [5.41, 5.74) is -0.753. The third-order valence-corrected chi connectivity index (χ3v) is 10.4. The van der Waals surface area contributed by atoms with Crippen LogP contribution < -0.4 is 9.44 Å². The number of morpholine rings is 1. The van der Waals surface area contributed by atoms with Crippen molar-refractivity contribution in [3.05, 3.63) is 48.5 Å². The number of halogens is 1. The lowest BCUT2D eigenvalue weighted by molar-refractivity contribution is 0.0733. The smallest absolute Gasteiger partial charge is 0.301 e. The summed E-state index contributed by atoms with van der Waals surface area (Å²) in [6.07, 6.45) is 0. The molecule has 0 aliphatic carbocycles. The zero-order chi connectivity index (χ0) is 30.2. The van der Waals surface area contributed by atoms with Gasteiger partial charge in [0.25, 0.3) is 9.05 Å². The Balaban J connectivity index is 1.90. The zero-order valence-electron chi connectivity index (χ0n) is 22.2. The molecule has 3 N–H and O–H groups in total. The van der Waals surface area contributed by atoms with Crippen LogP contribution in [0.5, 0.6) is 5.75 Å². The number of hydrogen-bond donors (Lipinski definition) is 3. The molecule has 0 radical (unpaired) electrons. The number of nitrogens with zero attached hydrogens (tertiary/aromatic N) is 3. The first-order valence-corrected chi connectivity index (χ1v) is 17.4. The van der Waals surface area contributed by atoms with E-state index in [-0.39, 0.29) is 59.0 Å². The van der Waals surface area contributed by atoms with Crippen molar-refractivity contribution in [3.63, 3.8) is 0 Å². The summed E-state index contributed by atoms with van der Waals surface area (Å²) in [7, 11) is -6.94. The van der Waals surface area contributed by atoms with Gasteiger partial charge in [-0.3, -0.25) is 4.72 Å². The van der Waals surface area contributed by atoms with Gasteiger partial charge in [0.2, 0.25) is 10.0 Å². The number of ether oxygens (including phenoxy) is 1. The molecule has 1 fully saturated rings. The fourth-order valence-corrected chi connectivity index (χ4v) is 7.55. The first-order valence-electron chi connectivity index (χ1n) is 12.1. The number of azo groups is 1. The molecule has 0 unspecified atom stereocenters. The highest BCUT2D eigenvalue weighted by Gasteiger charge is 2.29. The Morgan fingerprint density at radius 1 is 0.951 bits per heavy atom. The van der Waals surface area contributed by atoms with E-state index in [9.17, 15) is 30.4 Å². The Morgan fingerprint density at radius 2 is 1.59 bits per heavy atom. The number of phenolic OH excluding ortho intramolecular Hbond substituents is 1. The topological polar surface area (TPSA) is 184 Å². The summed E-state index contributed by atoms with van der Waals surface area (Å²) in [5, 5.41) is 19.5. The summed E-state index contributed by atoms with van der Waals surface area (Å²) in [6.45, 7) is 5.61.